The van der Waals surface area contributed by atoms with Crippen molar-refractivity contribution in [2.75, 3.05) is 19.8 Å². The molecule has 176 valence electrons. The summed E-state index contributed by atoms with van der Waals surface area (Å²) in [5, 5.41) is 24.4. The van der Waals surface area contributed by atoms with E-state index >= 15 is 0 Å². The maximum atomic E-state index is 12.4. The smallest absolute Gasteiger partial charge is 0.326 e. The summed E-state index contributed by atoms with van der Waals surface area (Å²) in [6, 6.07) is -2.98. The first-order valence-electron chi connectivity index (χ1n) is 10.4. The minimum atomic E-state index is -1.16. The van der Waals surface area contributed by atoms with Crippen LogP contribution in [0.1, 0.15) is 40.5 Å². The quantitative estimate of drug-likeness (QED) is 0.190. The minimum absolute atomic E-state index is 0.248. The van der Waals surface area contributed by atoms with Gasteiger partial charge in [0.2, 0.25) is 17.7 Å². The van der Waals surface area contributed by atoms with E-state index in [4.69, 9.17) is 5.11 Å². The largest absolute Gasteiger partial charge is 0.480 e. The van der Waals surface area contributed by atoms with Crippen molar-refractivity contribution in [3.05, 3.63) is 0 Å². The number of urea groups is 1. The summed E-state index contributed by atoms with van der Waals surface area (Å²) in [4.78, 5) is 59.4. The van der Waals surface area contributed by atoms with Crippen LogP contribution in [0.15, 0.2) is 0 Å². The van der Waals surface area contributed by atoms with Gasteiger partial charge in [-0.05, 0) is 31.2 Å². The van der Waals surface area contributed by atoms with Crippen LogP contribution in [0.3, 0.4) is 0 Å². The third-order valence-electron chi connectivity index (χ3n) is 4.80. The number of amides is 5. The van der Waals surface area contributed by atoms with Crippen molar-refractivity contribution >= 4 is 29.7 Å². The van der Waals surface area contributed by atoms with Crippen LogP contribution in [0, 0.1) is 11.8 Å². The highest BCUT2D eigenvalue weighted by atomic mass is 16.4. The zero-order chi connectivity index (χ0) is 23.6. The third-order valence-corrected chi connectivity index (χ3v) is 4.80. The van der Waals surface area contributed by atoms with Gasteiger partial charge >= 0.3 is 12.0 Å². The summed E-state index contributed by atoms with van der Waals surface area (Å²) in [7, 11) is 0. The van der Waals surface area contributed by atoms with Gasteiger partial charge in [0.05, 0.1) is 19.3 Å². The van der Waals surface area contributed by atoms with Gasteiger partial charge in [0, 0.05) is 0 Å². The van der Waals surface area contributed by atoms with Gasteiger partial charge in [-0.2, -0.15) is 0 Å². The van der Waals surface area contributed by atoms with E-state index < -0.39 is 35.9 Å². The molecule has 1 fully saturated rings. The van der Waals surface area contributed by atoms with Crippen LogP contribution < -0.4 is 31.9 Å². The van der Waals surface area contributed by atoms with E-state index in [-0.39, 0.29) is 37.0 Å². The summed E-state index contributed by atoms with van der Waals surface area (Å²) < 4.78 is 0. The average Bonchev–Trinajstić information content (AvgIpc) is 3.22. The molecule has 7 N–H and O–H groups in total. The second-order valence-electron chi connectivity index (χ2n) is 8.08. The number of nitrogens with one attached hydrogen (secondary N) is 6. The van der Waals surface area contributed by atoms with Crippen molar-refractivity contribution in [2.24, 2.45) is 11.8 Å². The van der Waals surface area contributed by atoms with E-state index in [1.807, 2.05) is 0 Å². The topological polar surface area (TPSA) is 178 Å². The molecular weight excluding hydrogens is 408 g/mol. The van der Waals surface area contributed by atoms with Crippen molar-refractivity contribution < 1.29 is 29.1 Å². The van der Waals surface area contributed by atoms with Gasteiger partial charge in [-0.25, -0.2) is 9.59 Å². The number of rotatable bonds is 11. The molecule has 0 spiro atoms. The van der Waals surface area contributed by atoms with E-state index in [9.17, 15) is 24.0 Å². The average molecular weight is 443 g/mol. The molecule has 0 aliphatic carbocycles. The first kappa shape index (κ1) is 26.1. The molecule has 1 saturated heterocycles. The highest BCUT2D eigenvalue weighted by Crippen LogP contribution is 2.05. The normalized spacial score (nSPS) is 17.5. The van der Waals surface area contributed by atoms with Crippen LogP contribution >= 0.6 is 0 Å². The number of aliphatic carboxylic acids is 1. The fourth-order valence-electron chi connectivity index (χ4n) is 2.99. The molecule has 0 aromatic heterocycles. The summed E-state index contributed by atoms with van der Waals surface area (Å²) in [6.07, 6.45) is 1.62. The highest BCUT2D eigenvalue weighted by molar-refractivity contribution is 5.91. The van der Waals surface area contributed by atoms with Gasteiger partial charge in [0.1, 0.15) is 12.1 Å². The Morgan fingerprint density at radius 3 is 2.10 bits per heavy atom. The predicted octanol–water partition coefficient (Wildman–Crippen LogP) is -1.52. The first-order chi connectivity index (χ1) is 14.5. The molecule has 0 unspecified atom stereocenters. The van der Waals surface area contributed by atoms with Gasteiger partial charge in [0.15, 0.2) is 0 Å². The number of carbonyl (C=O) groups is 5. The second kappa shape index (κ2) is 12.7. The van der Waals surface area contributed by atoms with Crippen molar-refractivity contribution in [1.29, 1.82) is 0 Å². The molecular formula is C19H34N6O6. The Morgan fingerprint density at radius 2 is 1.58 bits per heavy atom. The van der Waals surface area contributed by atoms with Crippen molar-refractivity contribution in [2.45, 2.75) is 58.7 Å². The molecule has 1 aliphatic rings. The number of hydrogen-bond donors (Lipinski definition) is 7. The van der Waals surface area contributed by atoms with Crippen molar-refractivity contribution in [3.8, 4) is 0 Å². The zero-order valence-corrected chi connectivity index (χ0v) is 18.4. The van der Waals surface area contributed by atoms with Gasteiger partial charge in [0.25, 0.3) is 0 Å². The summed E-state index contributed by atoms with van der Waals surface area (Å²) in [6.45, 7) is 7.06. The van der Waals surface area contributed by atoms with Crippen LogP contribution in [0.2, 0.25) is 0 Å². The lowest BCUT2D eigenvalue weighted by Gasteiger charge is -2.22. The SMILES string of the molecule is CC(C)[C@H](NC(=O)NCNC(=O)[C@@H](NC(=O)CNC(=O)[C@@H]1CCCN1)C(C)C)C(=O)O. The minimum Gasteiger partial charge on any atom is -0.480 e. The Bertz CT molecular complexity index is 662. The third kappa shape index (κ3) is 9.20. The molecule has 12 heteroatoms. The van der Waals surface area contributed by atoms with Crippen molar-refractivity contribution in [3.63, 3.8) is 0 Å². The van der Waals surface area contributed by atoms with Crippen LogP contribution in [-0.4, -0.2) is 72.7 Å². The maximum absolute atomic E-state index is 12.4. The predicted molar refractivity (Wildman–Crippen MR) is 112 cm³/mol. The molecule has 12 nitrogen and oxygen atoms in total. The lowest BCUT2D eigenvalue weighted by Crippen LogP contribution is -2.55. The number of hydrogen-bond acceptors (Lipinski definition) is 6. The van der Waals surface area contributed by atoms with Crippen molar-refractivity contribution in [1.82, 2.24) is 31.9 Å². The maximum Gasteiger partial charge on any atom is 0.326 e. The fraction of sp³-hybridized carbons (Fsp3) is 0.737. The van der Waals surface area contributed by atoms with Gasteiger partial charge < -0.3 is 37.0 Å². The molecule has 3 atom stereocenters. The Hall–Kier alpha value is -2.89. The van der Waals surface area contributed by atoms with E-state index in [2.05, 4.69) is 31.9 Å². The molecule has 5 amide bonds. The number of carboxylic acids is 1. The molecule has 1 rings (SSSR count). The molecule has 31 heavy (non-hydrogen) atoms. The van der Waals surface area contributed by atoms with E-state index in [1.165, 1.54) is 0 Å². The Balaban J connectivity index is 2.43. The Labute approximate surface area is 181 Å². The van der Waals surface area contributed by atoms with Crippen LogP contribution in [0.5, 0.6) is 0 Å². The van der Waals surface area contributed by atoms with E-state index in [1.54, 1.807) is 27.7 Å². The zero-order valence-electron chi connectivity index (χ0n) is 18.4. The van der Waals surface area contributed by atoms with Gasteiger partial charge in [-0.3, -0.25) is 14.4 Å². The highest BCUT2D eigenvalue weighted by Gasteiger charge is 2.26. The Kier molecular flexibility index (Phi) is 10.7. The summed E-state index contributed by atoms with van der Waals surface area (Å²) in [5.41, 5.74) is 0. The summed E-state index contributed by atoms with van der Waals surface area (Å²) in [5.74, 6) is -3.01. The van der Waals surface area contributed by atoms with Crippen LogP contribution in [0.4, 0.5) is 4.79 Å². The molecule has 1 heterocycles. The van der Waals surface area contributed by atoms with E-state index in [0.29, 0.717) is 0 Å². The molecule has 0 aromatic rings. The number of carboxylic acid groups (broad SMARTS) is 1. The first-order valence-corrected chi connectivity index (χ1v) is 10.4. The molecule has 0 bridgehead atoms. The van der Waals surface area contributed by atoms with Crippen LogP contribution in [-0.2, 0) is 19.2 Å². The van der Waals surface area contributed by atoms with Crippen LogP contribution in [0.25, 0.3) is 0 Å². The lowest BCUT2D eigenvalue weighted by atomic mass is 10.0. The fourth-order valence-corrected chi connectivity index (χ4v) is 2.99. The molecule has 0 aromatic carbocycles. The monoisotopic (exact) mass is 442 g/mol. The van der Waals surface area contributed by atoms with Gasteiger partial charge in [-0.1, -0.05) is 27.7 Å². The van der Waals surface area contributed by atoms with Gasteiger partial charge in [-0.15, -0.1) is 0 Å². The molecule has 0 radical (unpaired) electrons. The Morgan fingerprint density at radius 1 is 0.935 bits per heavy atom. The number of carbonyl (C=O) groups excluding carboxylic acids is 4. The standard InChI is InChI=1S/C19H34N6O6/c1-10(2)14(24-13(26)8-21-16(27)12-6-5-7-20-12)17(28)22-9-23-19(31)25-15(11(3)4)18(29)30/h10-12,14-15,20H,5-9H2,1-4H3,(H,21,27)(H,22,28)(H,24,26)(H,29,30)(H2,23,25,31)/t12-,14-,15-/m0/s1. The summed E-state index contributed by atoms with van der Waals surface area (Å²) >= 11 is 0. The molecule has 0 saturated carbocycles. The molecule has 1 aliphatic heterocycles. The second-order valence-corrected chi connectivity index (χ2v) is 8.08. The van der Waals surface area contributed by atoms with E-state index in [0.717, 1.165) is 19.4 Å². The lowest BCUT2D eigenvalue weighted by molar-refractivity contribution is -0.140.